The highest BCUT2D eigenvalue weighted by Crippen LogP contribution is 2.53. The van der Waals surface area contributed by atoms with E-state index in [0.29, 0.717) is 0 Å². The zero-order valence-corrected chi connectivity index (χ0v) is 24.1. The molecule has 45 heavy (non-hydrogen) atoms. The van der Waals surface area contributed by atoms with E-state index in [2.05, 4.69) is 35.2 Å². The highest BCUT2D eigenvalue weighted by molar-refractivity contribution is 7.52. The minimum atomic E-state index is -4.88. The average molecular weight is 675 g/mol. The number of H-pyrrole nitrogens is 1. The van der Waals surface area contributed by atoms with Gasteiger partial charge in [0.2, 0.25) is 5.95 Å². The maximum atomic E-state index is 13.3. The van der Waals surface area contributed by atoms with Crippen LogP contribution >= 0.6 is 15.2 Å². The Kier molecular flexibility index (Phi) is 7.23. The normalized spacial score (nSPS) is 37.7. The van der Waals surface area contributed by atoms with Gasteiger partial charge in [0, 0.05) is 0 Å². The molecular formula is C19H23N11O13P2. The molecule has 3 aliphatic heterocycles. The molecule has 242 valence electrons. The molecule has 4 aromatic heterocycles. The molecule has 3 saturated heterocycles. The molecule has 3 aliphatic rings. The van der Waals surface area contributed by atoms with Crippen LogP contribution in [0.1, 0.15) is 12.5 Å². The zero-order chi connectivity index (χ0) is 31.8. The van der Waals surface area contributed by atoms with Crippen molar-refractivity contribution in [1.82, 2.24) is 44.5 Å². The Hall–Kier alpha value is -3.51. The van der Waals surface area contributed by atoms with Crippen molar-refractivity contribution < 1.29 is 57.1 Å². The summed E-state index contributed by atoms with van der Waals surface area (Å²) in [5, 5.41) is 29.5. The van der Waals surface area contributed by atoms with E-state index in [1.165, 1.54) is 10.9 Å². The molecule has 0 aliphatic carbocycles. The number of nitrogens with one attached hydrogen (secondary N) is 1. The lowest BCUT2D eigenvalue weighted by Gasteiger charge is -2.25. The highest BCUT2D eigenvalue weighted by atomic mass is 31.2. The number of nitrogen functional groups attached to an aromatic ring is 2. The van der Waals surface area contributed by atoms with Gasteiger partial charge in [-0.2, -0.15) is 9.67 Å². The first kappa shape index (κ1) is 30.2. The van der Waals surface area contributed by atoms with Crippen LogP contribution in [0.2, 0.25) is 0 Å². The molecule has 0 amide bonds. The molecule has 0 spiro atoms. The minimum Gasteiger partial charge on any atom is -0.385 e. The van der Waals surface area contributed by atoms with Gasteiger partial charge in [0.05, 0.1) is 6.33 Å². The number of fused-ring (bicyclic) bond motifs is 5. The van der Waals surface area contributed by atoms with Crippen molar-refractivity contribution >= 4 is 49.3 Å². The van der Waals surface area contributed by atoms with Gasteiger partial charge >= 0.3 is 15.2 Å². The zero-order valence-electron chi connectivity index (χ0n) is 22.3. The first-order valence-electron chi connectivity index (χ1n) is 12.8. The molecule has 26 heteroatoms. The number of aromatic nitrogens is 9. The molecular weight excluding hydrogens is 652 g/mol. The van der Waals surface area contributed by atoms with Crippen molar-refractivity contribution in [1.29, 1.82) is 0 Å². The monoisotopic (exact) mass is 675 g/mol. The Bertz CT molecular complexity index is 1940. The summed E-state index contributed by atoms with van der Waals surface area (Å²) in [7, 11) is -9.71. The van der Waals surface area contributed by atoms with Crippen LogP contribution in [0.15, 0.2) is 17.4 Å². The summed E-state index contributed by atoms with van der Waals surface area (Å²) in [4.78, 5) is 51.8. The van der Waals surface area contributed by atoms with Gasteiger partial charge in [-0.25, -0.2) is 15.0 Å². The Labute approximate surface area is 247 Å². The fourth-order valence-electron chi connectivity index (χ4n) is 5.02. The summed E-state index contributed by atoms with van der Waals surface area (Å²) in [5.74, 6) is -0.299. The van der Waals surface area contributed by atoms with Gasteiger partial charge < -0.3 is 50.4 Å². The predicted octanol–water partition coefficient (Wildman–Crippen LogP) is -2.95. The topological polar surface area (TPSA) is 343 Å². The number of nitrogens with zero attached hydrogens (tertiary/aromatic N) is 8. The molecule has 7 rings (SSSR count). The van der Waals surface area contributed by atoms with Gasteiger partial charge in [-0.1, -0.05) is 5.21 Å². The number of aliphatic hydroxyl groups excluding tert-OH is 2. The largest absolute Gasteiger partial charge is 0.385 e. The molecule has 9 N–H and O–H groups in total. The second-order valence-electron chi connectivity index (χ2n) is 10.0. The van der Waals surface area contributed by atoms with Crippen LogP contribution in [-0.2, 0) is 37.1 Å². The Balaban J connectivity index is 1.21. The van der Waals surface area contributed by atoms with Crippen molar-refractivity contribution in [3.05, 3.63) is 23.0 Å². The van der Waals surface area contributed by atoms with E-state index in [-0.39, 0.29) is 34.1 Å². The quantitative estimate of drug-likeness (QED) is 0.104. The lowest BCUT2D eigenvalue weighted by Crippen LogP contribution is -2.35. The molecule has 3 fully saturated rings. The van der Waals surface area contributed by atoms with Crippen molar-refractivity contribution in [2.75, 3.05) is 24.2 Å². The lowest BCUT2D eigenvalue weighted by atomic mass is 10.2. The molecule has 2 unspecified atom stereocenters. The number of nitrogens with two attached hydrogens (primary N) is 2. The first-order chi connectivity index (χ1) is 21.3. The van der Waals surface area contributed by atoms with Crippen LogP contribution in [-0.4, -0.2) is 114 Å². The van der Waals surface area contributed by atoms with Crippen LogP contribution in [0.3, 0.4) is 0 Å². The Morgan fingerprint density at radius 2 is 1.58 bits per heavy atom. The summed E-state index contributed by atoms with van der Waals surface area (Å²) in [6.45, 7) is 0. The number of ether oxygens (including phenoxy) is 4. The summed E-state index contributed by atoms with van der Waals surface area (Å²) in [6.07, 6.45) is -13.6. The van der Waals surface area contributed by atoms with Gasteiger partial charge in [-0.05, 0) is 0 Å². The van der Waals surface area contributed by atoms with Gasteiger partial charge in [0.15, 0.2) is 60.4 Å². The van der Waals surface area contributed by atoms with Crippen LogP contribution in [0, 0.1) is 0 Å². The number of rotatable bonds is 2. The molecule has 2 bridgehead atoms. The molecule has 7 heterocycles. The summed E-state index contributed by atoms with van der Waals surface area (Å²) in [5.41, 5.74) is 10.4. The average Bonchev–Trinajstić information content (AvgIpc) is 3.72. The van der Waals surface area contributed by atoms with E-state index >= 15 is 0 Å². The number of anilines is 2. The third-order valence-corrected chi connectivity index (χ3v) is 9.07. The highest BCUT2D eigenvalue weighted by Gasteiger charge is 2.54. The standard InChI is InChI=1S/C19H23N11O13P2/c20-11-5-12(23-1-22-11)29(2-24-5)15-7(31)10-18(40-15)39-4-44(34,35)42-9-8(32)17(38-3-45(36,37)43-10)41-16(9)30-13-6(27-28-30)14(33)26-19(21)25-13/h1-2,7-10,15-18,31-32H,3-4H2,(H,34,35)(H,36,37)(H2,20,22,23)(H3,21,25,26,33)/t7-,8+,9-,10+,15+,16+,17-,18-/m0/s1. The van der Waals surface area contributed by atoms with Gasteiger partial charge in [-0.3, -0.25) is 32.5 Å². The summed E-state index contributed by atoms with van der Waals surface area (Å²) >= 11 is 0. The first-order valence-corrected chi connectivity index (χ1v) is 16.3. The van der Waals surface area contributed by atoms with Gasteiger partial charge in [-0.15, -0.1) is 5.10 Å². The molecule has 10 atom stereocenters. The number of aliphatic hydroxyl groups is 2. The van der Waals surface area contributed by atoms with Gasteiger partial charge in [0.1, 0.15) is 36.3 Å². The van der Waals surface area contributed by atoms with E-state index in [1.54, 1.807) is 0 Å². The van der Waals surface area contributed by atoms with Crippen molar-refractivity contribution in [3.8, 4) is 0 Å². The predicted molar refractivity (Wildman–Crippen MR) is 141 cm³/mol. The van der Waals surface area contributed by atoms with Crippen molar-refractivity contribution in [3.63, 3.8) is 0 Å². The van der Waals surface area contributed by atoms with Crippen LogP contribution in [0.5, 0.6) is 0 Å². The van der Waals surface area contributed by atoms with E-state index in [1.807, 2.05) is 0 Å². The van der Waals surface area contributed by atoms with Crippen LogP contribution in [0.25, 0.3) is 22.3 Å². The van der Waals surface area contributed by atoms with E-state index < -0.39 is 82.9 Å². The number of imidazole rings is 1. The maximum absolute atomic E-state index is 13.3. The summed E-state index contributed by atoms with van der Waals surface area (Å²) in [6, 6.07) is 0. The Morgan fingerprint density at radius 1 is 0.889 bits per heavy atom. The SMILES string of the molecule is Nc1nc2c(nnn2[C@@H]2O[C@@H]3OCP(=O)(O)O[C@H]4[C@@H](OCP(=O)(O)O[C@H]2[C@H]3O)O[C@@H](n2cnc3c(N)ncnc32)[C@H]4O)c(=O)[nH]1. The third-order valence-electron chi connectivity index (χ3n) is 6.97. The minimum absolute atomic E-state index is 0.0268. The molecule has 24 nitrogen and oxygen atoms in total. The van der Waals surface area contributed by atoms with E-state index in [9.17, 15) is 33.9 Å². The van der Waals surface area contributed by atoms with Gasteiger partial charge in [0.25, 0.3) is 5.56 Å². The molecule has 0 aromatic carbocycles. The molecule has 4 aromatic rings. The number of hydrogen-bond donors (Lipinski definition) is 7. The number of aromatic amines is 1. The van der Waals surface area contributed by atoms with Crippen LogP contribution < -0.4 is 17.0 Å². The second-order valence-corrected chi connectivity index (χ2v) is 13.5. The molecule has 0 saturated carbocycles. The third kappa shape index (κ3) is 5.29. The summed E-state index contributed by atoms with van der Waals surface area (Å²) < 4.78 is 61.3. The van der Waals surface area contributed by atoms with E-state index in [4.69, 9.17) is 39.5 Å². The fourth-order valence-corrected chi connectivity index (χ4v) is 7.03. The lowest BCUT2D eigenvalue weighted by molar-refractivity contribution is -0.175. The van der Waals surface area contributed by atoms with Crippen molar-refractivity contribution in [2.24, 2.45) is 0 Å². The fraction of sp³-hybridized carbons (Fsp3) is 0.526. The Morgan fingerprint density at radius 3 is 2.33 bits per heavy atom. The van der Waals surface area contributed by atoms with Crippen molar-refractivity contribution in [2.45, 2.75) is 49.5 Å². The smallest absolute Gasteiger partial charge is 0.354 e. The number of hydrogen-bond acceptors (Lipinski definition) is 19. The van der Waals surface area contributed by atoms with Crippen LogP contribution in [0.4, 0.5) is 11.8 Å². The van der Waals surface area contributed by atoms with E-state index in [0.717, 1.165) is 11.0 Å². The molecule has 0 radical (unpaired) electrons. The maximum Gasteiger partial charge on any atom is 0.354 e. The second kappa shape index (κ2) is 10.8.